The summed E-state index contributed by atoms with van der Waals surface area (Å²) in [6.45, 7) is 0. The predicted molar refractivity (Wildman–Crippen MR) is 58.3 cm³/mol. The Labute approximate surface area is 99.7 Å². The molecule has 6 nitrogen and oxygen atoms in total. The molecule has 17 heavy (non-hydrogen) atoms. The van der Waals surface area contributed by atoms with E-state index in [-0.39, 0.29) is 10.6 Å². The number of ether oxygens (including phenoxy) is 1. The molecule has 0 radical (unpaired) electrons. The highest BCUT2D eigenvalue weighted by Gasteiger charge is 2.16. The van der Waals surface area contributed by atoms with Gasteiger partial charge < -0.3 is 9.84 Å². The van der Waals surface area contributed by atoms with E-state index in [1.807, 2.05) is 0 Å². The third-order valence-electron chi connectivity index (χ3n) is 1.78. The van der Waals surface area contributed by atoms with Crippen LogP contribution in [-0.2, 0) is 0 Å². The fraction of sp³-hybridized carbons (Fsp3) is 0. The maximum absolute atomic E-state index is 11.6. The lowest BCUT2D eigenvalue weighted by Crippen LogP contribution is -2.06. The first kappa shape index (κ1) is 11.2. The molecular weight excluding hydrogens is 244 g/mol. The smallest absolute Gasteiger partial charge is 0.355 e. The molecule has 0 aliphatic carbocycles. The first-order chi connectivity index (χ1) is 8.16. The van der Waals surface area contributed by atoms with Gasteiger partial charge in [-0.2, -0.15) is 4.37 Å². The number of carbonyl (C=O) groups excluding carboxylic acids is 1. The van der Waals surface area contributed by atoms with Gasteiger partial charge in [-0.25, -0.2) is 9.59 Å². The molecular formula is C10H6N2O4S. The summed E-state index contributed by atoms with van der Waals surface area (Å²) in [6.07, 6.45) is 2.93. The molecule has 0 aliphatic rings. The number of hydrogen-bond donors (Lipinski definition) is 1. The van der Waals surface area contributed by atoms with Crippen LogP contribution in [0.3, 0.4) is 0 Å². The van der Waals surface area contributed by atoms with Crippen molar-refractivity contribution in [2.75, 3.05) is 0 Å². The maximum Gasteiger partial charge on any atom is 0.355 e. The topological polar surface area (TPSA) is 89.4 Å². The number of carboxylic acid groups (broad SMARTS) is 1. The summed E-state index contributed by atoms with van der Waals surface area (Å²) in [5.41, 5.74) is -0.173. The van der Waals surface area contributed by atoms with E-state index in [1.165, 1.54) is 12.3 Å². The molecule has 0 unspecified atom stereocenters. The normalized spacial score (nSPS) is 9.88. The van der Waals surface area contributed by atoms with Crippen molar-refractivity contribution in [1.82, 2.24) is 9.36 Å². The predicted octanol–water partition coefficient (Wildman–Crippen LogP) is 1.46. The third-order valence-corrected chi connectivity index (χ3v) is 2.54. The van der Waals surface area contributed by atoms with E-state index in [2.05, 4.69) is 9.36 Å². The van der Waals surface area contributed by atoms with Crippen molar-refractivity contribution in [2.45, 2.75) is 0 Å². The Morgan fingerprint density at radius 1 is 1.41 bits per heavy atom. The second-order valence-corrected chi connectivity index (χ2v) is 3.76. The monoisotopic (exact) mass is 250 g/mol. The number of carbonyl (C=O) groups is 2. The molecule has 0 bridgehead atoms. The number of carboxylic acids is 1. The summed E-state index contributed by atoms with van der Waals surface area (Å²) in [7, 11) is 0. The maximum atomic E-state index is 11.6. The van der Waals surface area contributed by atoms with Gasteiger partial charge in [0.15, 0.2) is 5.69 Å². The number of rotatable bonds is 3. The van der Waals surface area contributed by atoms with Crippen LogP contribution in [0.4, 0.5) is 0 Å². The summed E-state index contributed by atoms with van der Waals surface area (Å²) < 4.78 is 8.57. The minimum Gasteiger partial charge on any atom is -0.476 e. The summed E-state index contributed by atoms with van der Waals surface area (Å²) >= 11 is 0.779. The highest BCUT2D eigenvalue weighted by molar-refractivity contribution is 7.08. The zero-order valence-electron chi connectivity index (χ0n) is 8.36. The van der Waals surface area contributed by atoms with Gasteiger partial charge >= 0.3 is 11.9 Å². The number of esters is 1. The largest absolute Gasteiger partial charge is 0.476 e. The van der Waals surface area contributed by atoms with Gasteiger partial charge in [0.05, 0.1) is 6.20 Å². The number of aromatic nitrogens is 2. The molecule has 2 aromatic heterocycles. The molecule has 0 fully saturated rings. The van der Waals surface area contributed by atoms with Crippen LogP contribution in [-0.4, -0.2) is 26.4 Å². The molecule has 1 N–H and O–H groups in total. The first-order valence-corrected chi connectivity index (χ1v) is 5.26. The number of aromatic carboxylic acids is 1. The average Bonchev–Trinajstić information content (AvgIpc) is 2.79. The summed E-state index contributed by atoms with van der Waals surface area (Å²) in [5, 5.41) is 8.65. The van der Waals surface area contributed by atoms with Crippen LogP contribution in [0.25, 0.3) is 0 Å². The van der Waals surface area contributed by atoms with Crippen LogP contribution >= 0.6 is 11.5 Å². The van der Waals surface area contributed by atoms with Crippen molar-refractivity contribution < 1.29 is 19.4 Å². The van der Waals surface area contributed by atoms with Crippen molar-refractivity contribution in [3.63, 3.8) is 0 Å². The van der Waals surface area contributed by atoms with Gasteiger partial charge in [0.2, 0.25) is 0 Å². The lowest BCUT2D eigenvalue weighted by molar-refractivity contribution is 0.0691. The quantitative estimate of drug-likeness (QED) is 0.829. The minimum absolute atomic E-state index is 0.131. The average molecular weight is 250 g/mol. The Morgan fingerprint density at radius 3 is 2.82 bits per heavy atom. The lowest BCUT2D eigenvalue weighted by atomic mass is 10.4. The fourth-order valence-electron chi connectivity index (χ4n) is 1.04. The van der Waals surface area contributed by atoms with Gasteiger partial charge in [-0.15, -0.1) is 0 Å². The van der Waals surface area contributed by atoms with Gasteiger partial charge in [0, 0.05) is 6.20 Å². The van der Waals surface area contributed by atoms with Crippen molar-refractivity contribution in [3.8, 4) is 5.75 Å². The molecule has 2 rings (SSSR count). The summed E-state index contributed by atoms with van der Waals surface area (Å²) in [4.78, 5) is 26.1. The molecule has 0 saturated heterocycles. The van der Waals surface area contributed by atoms with E-state index in [9.17, 15) is 9.59 Å². The Bertz CT molecular complexity index is 552. The Kier molecular flexibility index (Phi) is 3.10. The van der Waals surface area contributed by atoms with E-state index in [0.717, 1.165) is 11.5 Å². The second kappa shape index (κ2) is 4.71. The van der Waals surface area contributed by atoms with Crippen LogP contribution in [0.2, 0.25) is 0 Å². The van der Waals surface area contributed by atoms with E-state index in [0.29, 0.717) is 5.75 Å². The Hall–Kier alpha value is -2.28. The Balaban J connectivity index is 2.12. The molecule has 7 heteroatoms. The minimum atomic E-state index is -1.18. The molecule has 0 aliphatic heterocycles. The molecule has 86 valence electrons. The van der Waals surface area contributed by atoms with E-state index >= 15 is 0 Å². The summed E-state index contributed by atoms with van der Waals surface area (Å²) in [5.74, 6) is -1.53. The zero-order chi connectivity index (χ0) is 12.3. The fourth-order valence-corrected chi connectivity index (χ4v) is 1.65. The Morgan fingerprint density at radius 2 is 2.24 bits per heavy atom. The van der Waals surface area contributed by atoms with Crippen LogP contribution in [0.1, 0.15) is 20.2 Å². The summed E-state index contributed by atoms with van der Waals surface area (Å²) in [6, 6.07) is 4.37. The molecule has 0 spiro atoms. The molecule has 2 aromatic rings. The van der Waals surface area contributed by atoms with E-state index in [1.54, 1.807) is 18.3 Å². The van der Waals surface area contributed by atoms with Crippen molar-refractivity contribution in [2.24, 2.45) is 0 Å². The number of hydrogen-bond acceptors (Lipinski definition) is 6. The molecule has 2 heterocycles. The second-order valence-electron chi connectivity index (χ2n) is 2.96. The van der Waals surface area contributed by atoms with Gasteiger partial charge in [0.25, 0.3) is 0 Å². The standard InChI is InChI=1S/C10H6N2O4S/c13-9(14)7-4-8(17-12-7)10(15)16-6-2-1-3-11-5-6/h1-5H,(H,13,14). The first-order valence-electron chi connectivity index (χ1n) is 4.49. The van der Waals surface area contributed by atoms with Crippen LogP contribution in [0.5, 0.6) is 5.75 Å². The van der Waals surface area contributed by atoms with Gasteiger partial charge in [-0.05, 0) is 29.7 Å². The van der Waals surface area contributed by atoms with Gasteiger partial charge in [0.1, 0.15) is 10.6 Å². The van der Waals surface area contributed by atoms with Crippen molar-refractivity contribution in [1.29, 1.82) is 0 Å². The SMILES string of the molecule is O=C(O)c1cc(C(=O)Oc2cccnc2)sn1. The third kappa shape index (κ3) is 2.64. The van der Waals surface area contributed by atoms with E-state index < -0.39 is 11.9 Å². The zero-order valence-corrected chi connectivity index (χ0v) is 9.18. The highest BCUT2D eigenvalue weighted by atomic mass is 32.1. The molecule has 0 aromatic carbocycles. The molecule has 0 saturated carbocycles. The van der Waals surface area contributed by atoms with Crippen LogP contribution in [0.15, 0.2) is 30.6 Å². The van der Waals surface area contributed by atoms with E-state index in [4.69, 9.17) is 9.84 Å². The van der Waals surface area contributed by atoms with Crippen LogP contribution in [0, 0.1) is 0 Å². The number of nitrogens with zero attached hydrogens (tertiary/aromatic N) is 2. The molecule has 0 amide bonds. The van der Waals surface area contributed by atoms with Gasteiger partial charge in [-0.3, -0.25) is 4.98 Å². The van der Waals surface area contributed by atoms with Crippen molar-refractivity contribution >= 4 is 23.5 Å². The highest BCUT2D eigenvalue weighted by Crippen LogP contribution is 2.14. The number of pyridine rings is 1. The molecule has 0 atom stereocenters. The van der Waals surface area contributed by atoms with Gasteiger partial charge in [-0.1, -0.05) is 0 Å². The van der Waals surface area contributed by atoms with Crippen LogP contribution < -0.4 is 4.74 Å². The lowest BCUT2D eigenvalue weighted by Gasteiger charge is -1.99. The van der Waals surface area contributed by atoms with Crippen molar-refractivity contribution in [3.05, 3.63) is 41.2 Å².